The standard InChI is InChI=1S/C36H34Cl4N4O2/c1-19-9-21(11-25(33(19)45)35(3,4)5)17-41-43-31-15-27(37)23(13-29(31)39)24-14-30(40)32(16-28(24)38)44-42-18-22-10-20(2)34(46)26(12-22)36(6,7)8/h9-18H,1-8H3/b21-17+,22-18+,43-41+,44-42+. The highest BCUT2D eigenvalue weighted by Crippen LogP contribution is 2.43. The average Bonchev–Trinajstić information content (AvgIpc) is 2.94. The smallest absolute Gasteiger partial charge is 0.185 e. The molecule has 0 amide bonds. The zero-order valence-electron chi connectivity index (χ0n) is 26.9. The van der Waals surface area contributed by atoms with Gasteiger partial charge in [0.05, 0.1) is 32.5 Å². The van der Waals surface area contributed by atoms with E-state index >= 15 is 0 Å². The zero-order valence-corrected chi connectivity index (χ0v) is 29.9. The highest BCUT2D eigenvalue weighted by Gasteiger charge is 2.28. The number of carbonyl (C=O) groups excluding carboxylic acids is 2. The van der Waals surface area contributed by atoms with Crippen molar-refractivity contribution in [3.63, 3.8) is 0 Å². The van der Waals surface area contributed by atoms with Crippen molar-refractivity contribution in [2.45, 2.75) is 55.4 Å². The Morgan fingerprint density at radius 1 is 0.543 bits per heavy atom. The molecule has 46 heavy (non-hydrogen) atoms. The third kappa shape index (κ3) is 8.10. The van der Waals surface area contributed by atoms with Crippen molar-refractivity contribution < 1.29 is 9.59 Å². The molecule has 0 N–H and O–H groups in total. The minimum absolute atomic E-state index is 0.0250. The molecule has 6 nitrogen and oxygen atoms in total. The zero-order chi connectivity index (χ0) is 34.1. The quantitative estimate of drug-likeness (QED) is 0.292. The van der Waals surface area contributed by atoms with E-state index < -0.39 is 0 Å². The van der Waals surface area contributed by atoms with Crippen molar-refractivity contribution in [3.05, 3.63) is 114 Å². The number of nitrogens with zero attached hydrogens (tertiary/aromatic N) is 4. The molecule has 0 radical (unpaired) electrons. The lowest BCUT2D eigenvalue weighted by molar-refractivity contribution is -0.113. The molecule has 4 rings (SSSR count). The molecular weight excluding hydrogens is 662 g/mol. The fraction of sp³-hybridized carbons (Fsp3) is 0.278. The number of rotatable bonds is 5. The molecule has 238 valence electrons. The highest BCUT2D eigenvalue weighted by atomic mass is 35.5. The fourth-order valence-electron chi connectivity index (χ4n) is 4.82. The van der Waals surface area contributed by atoms with E-state index in [4.69, 9.17) is 46.4 Å². The lowest BCUT2D eigenvalue weighted by atomic mass is 9.78. The summed E-state index contributed by atoms with van der Waals surface area (Å²) in [6.07, 6.45) is 10.4. The van der Waals surface area contributed by atoms with E-state index in [2.05, 4.69) is 20.5 Å². The third-order valence-electron chi connectivity index (χ3n) is 7.32. The molecule has 0 saturated carbocycles. The van der Waals surface area contributed by atoms with E-state index in [-0.39, 0.29) is 22.4 Å². The van der Waals surface area contributed by atoms with Crippen molar-refractivity contribution in [2.24, 2.45) is 31.3 Å². The maximum absolute atomic E-state index is 12.6. The summed E-state index contributed by atoms with van der Waals surface area (Å²) < 4.78 is 0. The summed E-state index contributed by atoms with van der Waals surface area (Å²) in [6, 6.07) is 6.48. The normalized spacial score (nSPS) is 18.1. The van der Waals surface area contributed by atoms with Gasteiger partial charge in [0.1, 0.15) is 11.4 Å². The number of allylic oxidation sites excluding steroid dienone is 10. The van der Waals surface area contributed by atoms with E-state index in [1.807, 2.05) is 53.7 Å². The van der Waals surface area contributed by atoms with Crippen LogP contribution in [0.1, 0.15) is 55.4 Å². The van der Waals surface area contributed by atoms with Crippen LogP contribution in [0.3, 0.4) is 0 Å². The number of halogens is 4. The summed E-state index contributed by atoms with van der Waals surface area (Å²) in [5.41, 5.74) is 5.42. The predicted octanol–water partition coefficient (Wildman–Crippen LogP) is 12.9. The molecule has 0 atom stereocenters. The number of azo groups is 2. The lowest BCUT2D eigenvalue weighted by Crippen LogP contribution is -2.21. The van der Waals surface area contributed by atoms with Crippen LogP contribution in [0.15, 0.2) is 115 Å². The summed E-state index contributed by atoms with van der Waals surface area (Å²) in [5, 5.41) is 18.2. The van der Waals surface area contributed by atoms with Gasteiger partial charge in [-0.25, -0.2) is 0 Å². The molecule has 0 fully saturated rings. The second-order valence-corrected chi connectivity index (χ2v) is 14.8. The van der Waals surface area contributed by atoms with Gasteiger partial charge in [0.15, 0.2) is 11.6 Å². The summed E-state index contributed by atoms with van der Waals surface area (Å²) in [6.45, 7) is 15.5. The Hall–Kier alpha value is -3.42. The second-order valence-electron chi connectivity index (χ2n) is 13.2. The van der Waals surface area contributed by atoms with E-state index in [0.717, 1.165) is 11.1 Å². The first-order valence-corrected chi connectivity index (χ1v) is 16.0. The van der Waals surface area contributed by atoms with Gasteiger partial charge < -0.3 is 0 Å². The SMILES string of the molecule is CC1=C/C(=C\N=N\c2cc(Cl)c(-c3cc(Cl)c(/N=N/C=C4\C=C(C)C(=O)C(C(C)(C)C)=C4)cc3Cl)cc2Cl)C=C(C(C)(C)C)C1=O. The van der Waals surface area contributed by atoms with Crippen LogP contribution in [-0.4, -0.2) is 11.6 Å². The van der Waals surface area contributed by atoms with E-state index in [1.54, 1.807) is 62.7 Å². The van der Waals surface area contributed by atoms with Crippen molar-refractivity contribution in [3.8, 4) is 11.1 Å². The molecule has 0 heterocycles. The molecule has 0 bridgehead atoms. The van der Waals surface area contributed by atoms with Crippen molar-refractivity contribution in [1.29, 1.82) is 0 Å². The fourth-order valence-corrected chi connectivity index (χ4v) is 5.74. The molecule has 0 aliphatic heterocycles. The van der Waals surface area contributed by atoms with Crippen LogP contribution >= 0.6 is 46.4 Å². The van der Waals surface area contributed by atoms with Crippen molar-refractivity contribution in [1.82, 2.24) is 0 Å². The molecule has 2 aliphatic rings. The Morgan fingerprint density at radius 2 is 0.891 bits per heavy atom. The minimum atomic E-state index is -0.305. The number of Topliss-reactive ketones (excluding diaryl/α,β-unsaturated/α-hetero) is 2. The Balaban J connectivity index is 1.58. The number of ketones is 2. The van der Waals surface area contributed by atoms with Gasteiger partial charge in [0.2, 0.25) is 0 Å². The van der Waals surface area contributed by atoms with Gasteiger partial charge >= 0.3 is 0 Å². The van der Waals surface area contributed by atoms with Crippen LogP contribution in [0.25, 0.3) is 11.1 Å². The van der Waals surface area contributed by atoms with E-state index in [0.29, 0.717) is 64.9 Å². The number of benzene rings is 2. The second kappa shape index (κ2) is 13.7. The Morgan fingerprint density at radius 3 is 1.22 bits per heavy atom. The van der Waals surface area contributed by atoms with Crippen LogP contribution in [0.2, 0.25) is 20.1 Å². The maximum Gasteiger partial charge on any atom is 0.185 e. The molecular formula is C36H34Cl4N4O2. The summed E-state index contributed by atoms with van der Waals surface area (Å²) >= 11 is 26.4. The highest BCUT2D eigenvalue weighted by molar-refractivity contribution is 6.40. The van der Waals surface area contributed by atoms with Crippen LogP contribution in [0.4, 0.5) is 11.4 Å². The lowest BCUT2D eigenvalue weighted by Gasteiger charge is -2.24. The molecule has 0 aromatic heterocycles. The van der Waals surface area contributed by atoms with Gasteiger partial charge in [-0.15, -0.1) is 10.2 Å². The Bertz CT molecular complexity index is 1760. The number of hydrogen-bond donors (Lipinski definition) is 0. The molecule has 0 saturated heterocycles. The van der Waals surface area contributed by atoms with Crippen LogP contribution < -0.4 is 0 Å². The van der Waals surface area contributed by atoms with Crippen molar-refractivity contribution in [2.75, 3.05) is 0 Å². The minimum Gasteiger partial charge on any atom is -0.289 e. The Kier molecular flexibility index (Phi) is 10.6. The predicted molar refractivity (Wildman–Crippen MR) is 190 cm³/mol. The van der Waals surface area contributed by atoms with Gasteiger partial charge in [-0.05, 0) is 95.5 Å². The van der Waals surface area contributed by atoms with Gasteiger partial charge in [0.25, 0.3) is 0 Å². The number of hydrogen-bond acceptors (Lipinski definition) is 6. The van der Waals surface area contributed by atoms with Crippen molar-refractivity contribution >= 4 is 69.3 Å². The van der Waals surface area contributed by atoms with Crippen LogP contribution in [0.5, 0.6) is 0 Å². The van der Waals surface area contributed by atoms with Crippen LogP contribution in [-0.2, 0) is 9.59 Å². The number of carbonyl (C=O) groups is 2. The average molecular weight is 697 g/mol. The first kappa shape index (κ1) is 35.4. The molecule has 0 spiro atoms. The van der Waals surface area contributed by atoms with Gasteiger partial charge in [-0.3, -0.25) is 9.59 Å². The van der Waals surface area contributed by atoms with Gasteiger partial charge in [0, 0.05) is 22.3 Å². The summed E-state index contributed by atoms with van der Waals surface area (Å²) in [4.78, 5) is 25.2. The topological polar surface area (TPSA) is 83.6 Å². The molecule has 2 aliphatic carbocycles. The van der Waals surface area contributed by atoms with Gasteiger partial charge in [-0.2, -0.15) is 10.2 Å². The molecule has 10 heteroatoms. The first-order valence-electron chi connectivity index (χ1n) is 14.5. The van der Waals surface area contributed by atoms with E-state index in [9.17, 15) is 9.59 Å². The third-order valence-corrected chi connectivity index (χ3v) is 8.55. The summed E-state index contributed by atoms with van der Waals surface area (Å²) in [7, 11) is 0. The van der Waals surface area contributed by atoms with Crippen LogP contribution in [0, 0.1) is 10.8 Å². The largest absolute Gasteiger partial charge is 0.289 e. The molecule has 2 aromatic carbocycles. The van der Waals surface area contributed by atoms with Gasteiger partial charge in [-0.1, -0.05) is 87.9 Å². The monoisotopic (exact) mass is 694 g/mol. The first-order chi connectivity index (χ1) is 21.4. The summed E-state index contributed by atoms with van der Waals surface area (Å²) in [5.74, 6) is 0.0500. The molecule has 2 aromatic rings. The maximum atomic E-state index is 12.6. The Labute approximate surface area is 290 Å². The molecule has 0 unspecified atom stereocenters. The van der Waals surface area contributed by atoms with E-state index in [1.165, 1.54) is 0 Å².